The van der Waals surface area contributed by atoms with Crippen LogP contribution in [-0.2, 0) is 0 Å². The molecule has 120 valence electrons. The van der Waals surface area contributed by atoms with Gasteiger partial charge in [-0.15, -0.1) is 0 Å². The van der Waals surface area contributed by atoms with E-state index in [2.05, 4.69) is 45.2 Å². The summed E-state index contributed by atoms with van der Waals surface area (Å²) in [5, 5.41) is 0. The van der Waals surface area contributed by atoms with E-state index >= 15 is 0 Å². The van der Waals surface area contributed by atoms with Gasteiger partial charge in [0.05, 0.1) is 33.3 Å². The van der Waals surface area contributed by atoms with Gasteiger partial charge in [0.15, 0.2) is 11.6 Å². The van der Waals surface area contributed by atoms with Gasteiger partial charge in [-0.25, -0.2) is 0 Å². The highest BCUT2D eigenvalue weighted by molar-refractivity contribution is 14.1. The number of rotatable bonds is 6. The Morgan fingerprint density at radius 2 is 1.43 bits per heavy atom. The minimum absolute atomic E-state index is 0.188. The van der Waals surface area contributed by atoms with Crippen LogP contribution in [0.2, 0.25) is 0 Å². The van der Waals surface area contributed by atoms with Gasteiger partial charge in [-0.2, -0.15) is 0 Å². The third-order valence-electron chi connectivity index (χ3n) is 3.27. The lowest BCUT2D eigenvalue weighted by Crippen LogP contribution is -2.13. The maximum atomic E-state index is 12.7. The molecular weight excluding hydrogens is 522 g/mol. The fourth-order valence-corrected chi connectivity index (χ4v) is 4.50. The Morgan fingerprint density at radius 3 is 1.91 bits per heavy atom. The Balaban J connectivity index is 2.37. The molecule has 2 aromatic rings. The summed E-state index contributed by atoms with van der Waals surface area (Å²) in [7, 11) is 3.07. The van der Waals surface area contributed by atoms with Gasteiger partial charge in [-0.05, 0) is 45.2 Å². The molecule has 0 radical (unpaired) electrons. The van der Waals surface area contributed by atoms with Gasteiger partial charge in [0.2, 0.25) is 0 Å². The molecule has 0 aliphatic carbocycles. The smallest absolute Gasteiger partial charge is 0.173 e. The third-order valence-corrected chi connectivity index (χ3v) is 5.41. The summed E-state index contributed by atoms with van der Waals surface area (Å²) in [5.74, 6) is 0.658. The lowest BCUT2D eigenvalue weighted by atomic mass is 10.0. The number of carbonyl (C=O) groups excluding carboxylic acids is 2. The predicted octanol–water partition coefficient (Wildman–Crippen LogP) is 4.37. The summed E-state index contributed by atoms with van der Waals surface area (Å²) in [6.07, 6.45) is -0.188. The SMILES string of the molecule is COc1cc(OC)c(I)c(C(=O)CC(=O)c2ccccc2)c1I. The normalized spacial score (nSPS) is 10.3. The summed E-state index contributed by atoms with van der Waals surface area (Å²) in [4.78, 5) is 24.9. The van der Waals surface area contributed by atoms with E-state index in [9.17, 15) is 9.59 Å². The molecule has 0 saturated heterocycles. The Bertz CT molecular complexity index is 714. The van der Waals surface area contributed by atoms with Crippen LogP contribution in [0.25, 0.3) is 0 Å². The highest BCUT2D eigenvalue weighted by atomic mass is 127. The first kappa shape index (κ1) is 18.2. The zero-order valence-electron chi connectivity index (χ0n) is 12.6. The minimum atomic E-state index is -0.246. The van der Waals surface area contributed by atoms with Crippen molar-refractivity contribution in [2.75, 3.05) is 14.2 Å². The molecule has 2 rings (SSSR count). The Hall–Kier alpha value is -1.16. The number of carbonyl (C=O) groups is 2. The first-order valence-electron chi connectivity index (χ1n) is 6.71. The Kier molecular flexibility index (Phi) is 6.40. The topological polar surface area (TPSA) is 52.6 Å². The van der Waals surface area contributed by atoms with E-state index in [1.54, 1.807) is 30.3 Å². The minimum Gasteiger partial charge on any atom is -0.495 e. The molecule has 2 aromatic carbocycles. The fourth-order valence-electron chi connectivity index (χ4n) is 2.09. The quantitative estimate of drug-likeness (QED) is 0.313. The van der Waals surface area contributed by atoms with E-state index in [1.165, 1.54) is 14.2 Å². The molecular formula is C17H14I2O4. The van der Waals surface area contributed by atoms with Gasteiger partial charge in [0.1, 0.15) is 11.5 Å². The number of methoxy groups -OCH3 is 2. The number of ether oxygens (including phenoxy) is 2. The van der Waals surface area contributed by atoms with Crippen molar-refractivity contribution in [1.82, 2.24) is 0 Å². The molecule has 6 heteroatoms. The third kappa shape index (κ3) is 4.03. The molecule has 0 fully saturated rings. The van der Waals surface area contributed by atoms with Crippen LogP contribution in [0.1, 0.15) is 27.1 Å². The molecule has 4 nitrogen and oxygen atoms in total. The zero-order chi connectivity index (χ0) is 17.0. The van der Waals surface area contributed by atoms with E-state index in [0.29, 0.717) is 29.8 Å². The first-order chi connectivity index (χ1) is 11.0. The van der Waals surface area contributed by atoms with Crippen LogP contribution in [0.3, 0.4) is 0 Å². The average molecular weight is 536 g/mol. The zero-order valence-corrected chi connectivity index (χ0v) is 16.9. The molecule has 0 aliphatic rings. The summed E-state index contributed by atoms with van der Waals surface area (Å²) in [6.45, 7) is 0. The molecule has 0 saturated carbocycles. The molecule has 23 heavy (non-hydrogen) atoms. The van der Waals surface area contributed by atoms with Crippen LogP contribution in [-0.4, -0.2) is 25.8 Å². The first-order valence-corrected chi connectivity index (χ1v) is 8.86. The largest absolute Gasteiger partial charge is 0.495 e. The van der Waals surface area contributed by atoms with Crippen LogP contribution >= 0.6 is 45.2 Å². The average Bonchev–Trinajstić information content (AvgIpc) is 2.56. The Labute approximate surface area is 161 Å². The van der Waals surface area contributed by atoms with Gasteiger partial charge in [0.25, 0.3) is 0 Å². The predicted molar refractivity (Wildman–Crippen MR) is 105 cm³/mol. The maximum absolute atomic E-state index is 12.7. The van der Waals surface area contributed by atoms with Gasteiger partial charge in [-0.3, -0.25) is 9.59 Å². The van der Waals surface area contributed by atoms with Crippen LogP contribution in [0.4, 0.5) is 0 Å². The molecule has 0 heterocycles. The number of Topliss-reactive ketones (excluding diaryl/α,β-unsaturated/α-hetero) is 2. The van der Waals surface area contributed by atoms with Crippen molar-refractivity contribution in [2.24, 2.45) is 0 Å². The van der Waals surface area contributed by atoms with Crippen LogP contribution < -0.4 is 9.47 Å². The van der Waals surface area contributed by atoms with E-state index in [4.69, 9.17) is 9.47 Å². The number of benzene rings is 2. The second-order valence-electron chi connectivity index (χ2n) is 4.67. The maximum Gasteiger partial charge on any atom is 0.173 e. The van der Waals surface area contributed by atoms with Gasteiger partial charge >= 0.3 is 0 Å². The summed E-state index contributed by atoms with van der Waals surface area (Å²) in [5.41, 5.74) is 0.993. The van der Waals surface area contributed by atoms with Gasteiger partial charge < -0.3 is 9.47 Å². The summed E-state index contributed by atoms with van der Waals surface area (Å²) < 4.78 is 12.0. The molecule has 0 N–H and O–H groups in total. The number of halogens is 2. The lowest BCUT2D eigenvalue weighted by Gasteiger charge is -2.14. The van der Waals surface area contributed by atoms with Gasteiger partial charge in [-0.1, -0.05) is 30.3 Å². The number of hydrogen-bond acceptors (Lipinski definition) is 4. The monoisotopic (exact) mass is 536 g/mol. The van der Waals surface area contributed by atoms with E-state index in [-0.39, 0.29) is 18.0 Å². The second-order valence-corrected chi connectivity index (χ2v) is 6.83. The van der Waals surface area contributed by atoms with Crippen molar-refractivity contribution in [3.63, 3.8) is 0 Å². The van der Waals surface area contributed by atoms with Crippen molar-refractivity contribution in [1.29, 1.82) is 0 Å². The number of ketones is 2. The van der Waals surface area contributed by atoms with Crippen molar-refractivity contribution in [3.05, 3.63) is 54.7 Å². The van der Waals surface area contributed by atoms with Crippen LogP contribution in [0.5, 0.6) is 11.5 Å². The molecule has 0 aliphatic heterocycles. The molecule has 0 aromatic heterocycles. The van der Waals surface area contributed by atoms with Crippen molar-refractivity contribution in [2.45, 2.75) is 6.42 Å². The molecule has 0 spiro atoms. The van der Waals surface area contributed by atoms with Crippen LogP contribution in [0, 0.1) is 7.14 Å². The fraction of sp³-hybridized carbons (Fsp3) is 0.176. The molecule has 0 amide bonds. The summed E-state index contributed by atoms with van der Waals surface area (Å²) >= 11 is 4.12. The van der Waals surface area contributed by atoms with Crippen molar-refractivity contribution in [3.8, 4) is 11.5 Å². The summed E-state index contributed by atoms with van der Waals surface area (Å²) in [6, 6.07) is 10.5. The molecule has 0 bridgehead atoms. The highest BCUT2D eigenvalue weighted by Gasteiger charge is 2.23. The van der Waals surface area contributed by atoms with E-state index < -0.39 is 0 Å². The highest BCUT2D eigenvalue weighted by Crippen LogP contribution is 2.36. The molecule has 0 unspecified atom stereocenters. The second kappa shape index (κ2) is 8.09. The Morgan fingerprint density at radius 1 is 0.913 bits per heavy atom. The molecule has 0 atom stereocenters. The van der Waals surface area contributed by atoms with Crippen molar-refractivity contribution < 1.29 is 19.1 Å². The number of hydrogen-bond donors (Lipinski definition) is 0. The van der Waals surface area contributed by atoms with Crippen molar-refractivity contribution >= 4 is 56.7 Å². The van der Waals surface area contributed by atoms with E-state index in [0.717, 1.165) is 0 Å². The lowest BCUT2D eigenvalue weighted by molar-refractivity contribution is 0.0892. The standard InChI is InChI=1S/C17H14I2O4/c1-22-13-9-14(23-2)17(19)15(16(13)18)12(21)8-11(20)10-6-4-3-5-7-10/h3-7,9H,8H2,1-2H3. The van der Waals surface area contributed by atoms with Crippen LogP contribution in [0.15, 0.2) is 36.4 Å². The van der Waals surface area contributed by atoms with Gasteiger partial charge in [0, 0.05) is 11.6 Å². The van der Waals surface area contributed by atoms with E-state index in [1.807, 2.05) is 6.07 Å².